The van der Waals surface area contributed by atoms with Crippen molar-refractivity contribution in [1.29, 1.82) is 0 Å². The van der Waals surface area contributed by atoms with E-state index in [-0.39, 0.29) is 11.7 Å². The molecule has 2 unspecified atom stereocenters. The summed E-state index contributed by atoms with van der Waals surface area (Å²) in [5.74, 6) is 0. The van der Waals surface area contributed by atoms with E-state index in [1.165, 1.54) is 6.92 Å². The highest BCUT2D eigenvalue weighted by Gasteiger charge is 2.43. The molecule has 0 saturated heterocycles. The Labute approximate surface area is 99.6 Å². The molecule has 1 heterocycles. The van der Waals surface area contributed by atoms with Gasteiger partial charge in [-0.3, -0.25) is 4.57 Å². The summed E-state index contributed by atoms with van der Waals surface area (Å²) in [6.45, 7) is 3.17. The van der Waals surface area contributed by atoms with Gasteiger partial charge in [-0.15, -0.1) is 5.10 Å². The van der Waals surface area contributed by atoms with Crippen LogP contribution in [0.5, 0.6) is 0 Å². The molecule has 0 aliphatic carbocycles. The Balaban J connectivity index is 2.98. The first-order chi connectivity index (χ1) is 7.77. The average Bonchev–Trinajstić information content (AvgIpc) is 2.53. The first kappa shape index (κ1) is 14.1. The molecule has 17 heavy (non-hydrogen) atoms. The molecule has 3 N–H and O–H groups in total. The van der Waals surface area contributed by atoms with Gasteiger partial charge in [0.15, 0.2) is 5.16 Å². The van der Waals surface area contributed by atoms with E-state index >= 15 is 0 Å². The van der Waals surface area contributed by atoms with Crippen molar-refractivity contribution < 1.29 is 13.2 Å². The van der Waals surface area contributed by atoms with E-state index in [4.69, 9.17) is 5.73 Å². The molecule has 0 fully saturated rings. The van der Waals surface area contributed by atoms with Crippen LogP contribution < -0.4 is 11.4 Å². The van der Waals surface area contributed by atoms with Crippen molar-refractivity contribution in [3.8, 4) is 0 Å². The Kier molecular flexibility index (Phi) is 4.26. The predicted octanol–water partition coefficient (Wildman–Crippen LogP) is 0.962. The molecule has 1 aromatic rings. The lowest BCUT2D eigenvalue weighted by atomic mass is 10.2. The highest BCUT2D eigenvalue weighted by molar-refractivity contribution is 7.99. The smallest absolute Gasteiger partial charge is 0.327 e. The Morgan fingerprint density at radius 2 is 2.18 bits per heavy atom. The second-order valence-electron chi connectivity index (χ2n) is 3.49. The fourth-order valence-electron chi connectivity index (χ4n) is 1.26. The van der Waals surface area contributed by atoms with Crippen molar-refractivity contribution in [2.45, 2.75) is 43.0 Å². The quantitative estimate of drug-likeness (QED) is 0.799. The summed E-state index contributed by atoms with van der Waals surface area (Å²) in [6, 6.07) is -1.09. The van der Waals surface area contributed by atoms with Crippen LogP contribution >= 0.6 is 11.8 Å². The van der Waals surface area contributed by atoms with Gasteiger partial charge in [-0.05, 0) is 13.8 Å². The third-order valence-corrected chi connectivity index (χ3v) is 3.54. The fourth-order valence-corrected chi connectivity index (χ4v) is 2.27. The summed E-state index contributed by atoms with van der Waals surface area (Å²) < 4.78 is 39.1. The van der Waals surface area contributed by atoms with E-state index in [0.29, 0.717) is 11.8 Å². The van der Waals surface area contributed by atoms with Gasteiger partial charge in [-0.2, -0.15) is 13.2 Å². The molecule has 0 aliphatic heterocycles. The standard InChI is InChI=1S/C8H13F3N4OS/c1-3-15-6(16)13-14-7(15)17-5(4(2)12)8(9,10)11/h4-5H,3,12H2,1-2H3,(H,13,16). The topological polar surface area (TPSA) is 76.7 Å². The van der Waals surface area contributed by atoms with Crippen LogP contribution in [0.25, 0.3) is 0 Å². The predicted molar refractivity (Wildman–Crippen MR) is 57.9 cm³/mol. The number of thioether (sulfide) groups is 1. The number of nitrogens with one attached hydrogen (secondary N) is 1. The van der Waals surface area contributed by atoms with Crippen molar-refractivity contribution >= 4 is 11.8 Å². The van der Waals surface area contributed by atoms with Crippen molar-refractivity contribution in [1.82, 2.24) is 14.8 Å². The molecular weight excluding hydrogens is 257 g/mol. The van der Waals surface area contributed by atoms with Crippen LogP contribution in [0.1, 0.15) is 13.8 Å². The van der Waals surface area contributed by atoms with E-state index in [1.54, 1.807) is 6.92 Å². The zero-order valence-electron chi connectivity index (χ0n) is 9.28. The molecule has 98 valence electrons. The summed E-state index contributed by atoms with van der Waals surface area (Å²) in [5.41, 5.74) is 4.78. The van der Waals surface area contributed by atoms with Gasteiger partial charge in [0.2, 0.25) is 0 Å². The Morgan fingerprint density at radius 1 is 1.59 bits per heavy atom. The molecule has 5 nitrogen and oxygen atoms in total. The normalized spacial score (nSPS) is 15.9. The molecule has 0 bridgehead atoms. The maximum Gasteiger partial charge on any atom is 0.402 e. The number of aromatic nitrogens is 3. The van der Waals surface area contributed by atoms with Gasteiger partial charge in [0.25, 0.3) is 0 Å². The lowest BCUT2D eigenvalue weighted by molar-refractivity contribution is -0.131. The van der Waals surface area contributed by atoms with Crippen LogP contribution in [-0.2, 0) is 6.54 Å². The van der Waals surface area contributed by atoms with Crippen LogP contribution in [0.15, 0.2) is 9.95 Å². The maximum atomic E-state index is 12.7. The molecule has 0 radical (unpaired) electrons. The van der Waals surface area contributed by atoms with Crippen LogP contribution in [0.2, 0.25) is 0 Å². The molecule has 1 rings (SSSR count). The van der Waals surface area contributed by atoms with Crippen molar-refractivity contribution in [3.05, 3.63) is 10.5 Å². The molecular formula is C8H13F3N4OS. The minimum Gasteiger partial charge on any atom is -0.327 e. The second-order valence-corrected chi connectivity index (χ2v) is 4.60. The lowest BCUT2D eigenvalue weighted by Crippen LogP contribution is -2.41. The number of alkyl halides is 3. The van der Waals surface area contributed by atoms with Crippen molar-refractivity contribution in [2.24, 2.45) is 5.73 Å². The van der Waals surface area contributed by atoms with Crippen LogP contribution in [-0.4, -0.2) is 32.2 Å². The summed E-state index contributed by atoms with van der Waals surface area (Å²) in [5, 5.41) is 3.88. The highest BCUT2D eigenvalue weighted by Crippen LogP contribution is 2.35. The molecule has 2 atom stereocenters. The Bertz CT molecular complexity index is 425. The first-order valence-corrected chi connectivity index (χ1v) is 5.79. The lowest BCUT2D eigenvalue weighted by Gasteiger charge is -2.22. The van der Waals surface area contributed by atoms with Gasteiger partial charge in [-0.1, -0.05) is 11.8 Å². The zero-order valence-corrected chi connectivity index (χ0v) is 10.1. The number of nitrogens with two attached hydrogens (primary N) is 1. The number of hydrogen-bond acceptors (Lipinski definition) is 4. The third kappa shape index (κ3) is 3.25. The zero-order chi connectivity index (χ0) is 13.2. The molecule has 9 heteroatoms. The number of H-pyrrole nitrogens is 1. The number of nitrogens with zero attached hydrogens (tertiary/aromatic N) is 2. The van der Waals surface area contributed by atoms with Crippen LogP contribution in [0, 0.1) is 0 Å². The van der Waals surface area contributed by atoms with Crippen molar-refractivity contribution in [3.63, 3.8) is 0 Å². The largest absolute Gasteiger partial charge is 0.402 e. The monoisotopic (exact) mass is 270 g/mol. The molecule has 0 spiro atoms. The van der Waals surface area contributed by atoms with Gasteiger partial charge < -0.3 is 5.73 Å². The summed E-state index contributed by atoms with van der Waals surface area (Å²) >= 11 is 0.446. The number of halogens is 3. The molecule has 0 aromatic carbocycles. The summed E-state index contributed by atoms with van der Waals surface area (Å²) in [4.78, 5) is 11.2. The van der Waals surface area contributed by atoms with Gasteiger partial charge in [0.05, 0.1) is 0 Å². The van der Waals surface area contributed by atoms with Gasteiger partial charge in [-0.25, -0.2) is 9.89 Å². The van der Waals surface area contributed by atoms with Gasteiger partial charge in [0, 0.05) is 12.6 Å². The van der Waals surface area contributed by atoms with E-state index in [0.717, 1.165) is 4.57 Å². The third-order valence-electron chi connectivity index (χ3n) is 2.07. The molecule has 1 aromatic heterocycles. The van der Waals surface area contributed by atoms with Crippen molar-refractivity contribution in [2.75, 3.05) is 0 Å². The average molecular weight is 270 g/mol. The number of rotatable bonds is 4. The van der Waals surface area contributed by atoms with E-state index in [2.05, 4.69) is 10.2 Å². The SMILES string of the molecule is CCn1c(SC(C(C)N)C(F)(F)F)n[nH]c1=O. The molecule has 0 amide bonds. The van der Waals surface area contributed by atoms with Crippen LogP contribution in [0.3, 0.4) is 0 Å². The van der Waals surface area contributed by atoms with E-state index in [1.807, 2.05) is 0 Å². The second kappa shape index (κ2) is 5.13. The van der Waals surface area contributed by atoms with E-state index < -0.39 is 23.2 Å². The Morgan fingerprint density at radius 3 is 2.59 bits per heavy atom. The number of aromatic amines is 1. The minimum absolute atomic E-state index is 0.00266. The minimum atomic E-state index is -4.44. The molecule has 0 saturated carbocycles. The molecule has 0 aliphatic rings. The number of hydrogen-bond donors (Lipinski definition) is 2. The van der Waals surface area contributed by atoms with Gasteiger partial charge >= 0.3 is 11.9 Å². The maximum absolute atomic E-state index is 12.7. The van der Waals surface area contributed by atoms with Crippen LogP contribution in [0.4, 0.5) is 13.2 Å². The Hall–Kier alpha value is -0.960. The summed E-state index contributed by atoms with van der Waals surface area (Å²) in [7, 11) is 0. The van der Waals surface area contributed by atoms with E-state index in [9.17, 15) is 18.0 Å². The summed E-state index contributed by atoms with van der Waals surface area (Å²) in [6.07, 6.45) is -4.44. The highest BCUT2D eigenvalue weighted by atomic mass is 32.2. The fraction of sp³-hybridized carbons (Fsp3) is 0.750. The first-order valence-electron chi connectivity index (χ1n) is 4.91. The van der Waals surface area contributed by atoms with Gasteiger partial charge in [0.1, 0.15) is 5.25 Å².